The van der Waals surface area contributed by atoms with Gasteiger partial charge in [-0.1, -0.05) is 30.3 Å². The number of rotatable bonds is 8. The second-order valence-corrected chi connectivity index (χ2v) is 13.4. The second kappa shape index (κ2) is 12.4. The summed E-state index contributed by atoms with van der Waals surface area (Å²) in [5.74, 6) is 0.351. The van der Waals surface area contributed by atoms with Crippen LogP contribution in [0.3, 0.4) is 0 Å². The summed E-state index contributed by atoms with van der Waals surface area (Å²) >= 11 is 1.63. The van der Waals surface area contributed by atoms with Gasteiger partial charge in [-0.3, -0.25) is 4.79 Å². The molecule has 0 spiro atoms. The summed E-state index contributed by atoms with van der Waals surface area (Å²) in [6, 6.07) is 12.8. The number of ether oxygens (including phenoxy) is 2. The molecule has 4 aromatic rings. The number of carbonyl (C=O) groups excluding carboxylic acids is 2. The average Bonchev–Trinajstić information content (AvgIpc) is 3.72. The van der Waals surface area contributed by atoms with Crippen LogP contribution in [0, 0.1) is 13.8 Å². The lowest BCUT2D eigenvalue weighted by molar-refractivity contribution is 0.0443. The molecule has 1 aromatic carbocycles. The molecule has 4 heterocycles. The number of nitrogens with one attached hydrogen (secondary N) is 1. The van der Waals surface area contributed by atoms with Crippen molar-refractivity contribution in [2.75, 3.05) is 13.7 Å². The van der Waals surface area contributed by atoms with Gasteiger partial charge < -0.3 is 24.1 Å². The molecule has 0 aliphatic carbocycles. The Morgan fingerprint density at radius 3 is 2.50 bits per heavy atom. The third kappa shape index (κ3) is 6.91. The first-order chi connectivity index (χ1) is 20.8. The molecule has 0 saturated carbocycles. The van der Waals surface area contributed by atoms with Crippen molar-refractivity contribution >= 4 is 23.3 Å². The van der Waals surface area contributed by atoms with E-state index in [1.807, 2.05) is 49.1 Å². The number of methoxy groups -OCH3 is 1. The summed E-state index contributed by atoms with van der Waals surface area (Å²) < 4.78 is 17.2. The van der Waals surface area contributed by atoms with Gasteiger partial charge in [-0.05, 0) is 66.0 Å². The molecule has 44 heavy (non-hydrogen) atoms. The number of hydrogen-bond donors (Lipinski definition) is 1. The number of amides is 2. The van der Waals surface area contributed by atoms with Gasteiger partial charge >= 0.3 is 6.09 Å². The van der Waals surface area contributed by atoms with E-state index in [1.54, 1.807) is 51.2 Å². The maximum Gasteiger partial charge on any atom is 0.408 e. The Hall–Kier alpha value is -4.32. The molecule has 1 aliphatic heterocycles. The fourth-order valence-corrected chi connectivity index (χ4v) is 6.24. The highest BCUT2D eigenvalue weighted by atomic mass is 32.1. The van der Waals surface area contributed by atoms with E-state index in [-0.39, 0.29) is 35.3 Å². The minimum absolute atomic E-state index is 0.107. The summed E-state index contributed by atoms with van der Waals surface area (Å²) in [4.78, 5) is 38.9. The lowest BCUT2D eigenvalue weighted by atomic mass is 9.92. The highest BCUT2D eigenvalue weighted by molar-refractivity contribution is 7.11. The van der Waals surface area contributed by atoms with Crippen LogP contribution in [0.25, 0.3) is 11.5 Å². The number of nitrogens with zero attached hydrogens (tertiary/aromatic N) is 5. The molecule has 2 atom stereocenters. The van der Waals surface area contributed by atoms with Crippen molar-refractivity contribution < 1.29 is 23.5 Å². The summed E-state index contributed by atoms with van der Waals surface area (Å²) in [5, 5.41) is 12.5. The molecular weight excluding hydrogens is 580 g/mol. The van der Waals surface area contributed by atoms with Crippen molar-refractivity contribution in [1.82, 2.24) is 30.4 Å². The Morgan fingerprint density at radius 1 is 1.09 bits per heavy atom. The molecule has 1 saturated heterocycles. The number of aromatic nitrogens is 4. The van der Waals surface area contributed by atoms with Gasteiger partial charge in [0.25, 0.3) is 5.91 Å². The number of carbonyl (C=O) groups is 2. The van der Waals surface area contributed by atoms with Gasteiger partial charge in [-0.2, -0.15) is 0 Å². The van der Waals surface area contributed by atoms with Crippen LogP contribution in [0.4, 0.5) is 4.79 Å². The van der Waals surface area contributed by atoms with E-state index in [1.165, 1.54) is 7.11 Å². The largest absolute Gasteiger partial charge is 0.481 e. The van der Waals surface area contributed by atoms with E-state index >= 15 is 0 Å². The second-order valence-electron chi connectivity index (χ2n) is 12.2. The standard InChI is InChI=1S/C32H38N6O5S/c1-19-20(2)44-27(33-19)24-14-11-15-38(24)28(39)23-16-22(17-25(34-23)41-7)26-36-37-29(42-26)32(6,18-21-12-9-8-10-13-21)35-30(40)43-31(3,4)5/h8-10,12-13,16-17,24H,11,14-15,18H2,1-7H3,(H,35,40). The number of benzene rings is 1. The molecule has 0 radical (unpaired) electrons. The van der Waals surface area contributed by atoms with E-state index in [9.17, 15) is 9.59 Å². The lowest BCUT2D eigenvalue weighted by Gasteiger charge is -2.29. The van der Waals surface area contributed by atoms with Crippen LogP contribution < -0.4 is 10.1 Å². The first kappa shape index (κ1) is 31.1. The lowest BCUT2D eigenvalue weighted by Crippen LogP contribution is -2.47. The maximum absolute atomic E-state index is 13.8. The number of alkyl carbamates (subject to hydrolysis) is 1. The Balaban J connectivity index is 1.46. The van der Waals surface area contributed by atoms with Gasteiger partial charge in [0.2, 0.25) is 17.7 Å². The van der Waals surface area contributed by atoms with Crippen molar-refractivity contribution in [2.45, 2.75) is 78.0 Å². The number of likely N-dealkylation sites (tertiary alicyclic amines) is 1. The third-order valence-corrected chi connectivity index (χ3v) is 8.57. The smallest absolute Gasteiger partial charge is 0.408 e. The minimum Gasteiger partial charge on any atom is -0.481 e. The average molecular weight is 619 g/mol. The van der Waals surface area contributed by atoms with Crippen LogP contribution in [-0.2, 0) is 16.7 Å². The molecule has 232 valence electrons. The van der Waals surface area contributed by atoms with Crippen molar-refractivity contribution in [1.29, 1.82) is 0 Å². The Kier molecular flexibility index (Phi) is 8.73. The molecule has 3 aromatic heterocycles. The fourth-order valence-electron chi connectivity index (χ4n) is 5.17. The topological polar surface area (TPSA) is 133 Å². The fraction of sp³-hybridized carbons (Fsp3) is 0.438. The Bertz CT molecular complexity index is 1630. The first-order valence-corrected chi connectivity index (χ1v) is 15.4. The van der Waals surface area contributed by atoms with Crippen molar-refractivity contribution in [3.63, 3.8) is 0 Å². The van der Waals surface area contributed by atoms with Crippen LogP contribution in [-0.4, -0.2) is 56.3 Å². The maximum atomic E-state index is 13.8. The van der Waals surface area contributed by atoms with E-state index in [2.05, 4.69) is 20.5 Å². The zero-order valence-corrected chi connectivity index (χ0v) is 26.9. The van der Waals surface area contributed by atoms with E-state index in [0.717, 1.165) is 34.0 Å². The molecule has 5 rings (SSSR count). The summed E-state index contributed by atoms with van der Waals surface area (Å²) in [7, 11) is 1.49. The van der Waals surface area contributed by atoms with Crippen LogP contribution in [0.2, 0.25) is 0 Å². The molecule has 2 unspecified atom stereocenters. The minimum atomic E-state index is -1.10. The first-order valence-electron chi connectivity index (χ1n) is 14.6. The van der Waals surface area contributed by atoms with Crippen molar-refractivity contribution in [2.24, 2.45) is 0 Å². The zero-order valence-electron chi connectivity index (χ0n) is 26.1. The summed E-state index contributed by atoms with van der Waals surface area (Å²) in [6.45, 7) is 11.8. The quantitative estimate of drug-likeness (QED) is 0.246. The number of hydrogen-bond acceptors (Lipinski definition) is 10. The predicted octanol–water partition coefficient (Wildman–Crippen LogP) is 6.17. The summed E-state index contributed by atoms with van der Waals surface area (Å²) in [6.07, 6.45) is 1.47. The van der Waals surface area contributed by atoms with Crippen molar-refractivity contribution in [3.05, 3.63) is 75.2 Å². The molecule has 12 heteroatoms. The third-order valence-electron chi connectivity index (χ3n) is 7.40. The monoisotopic (exact) mass is 618 g/mol. The Labute approximate surface area is 261 Å². The number of pyridine rings is 1. The van der Waals surface area contributed by atoms with Crippen LogP contribution in [0.5, 0.6) is 5.88 Å². The van der Waals surface area contributed by atoms with E-state index in [4.69, 9.17) is 18.9 Å². The normalized spacial score (nSPS) is 16.4. The van der Waals surface area contributed by atoms with Gasteiger partial charge in [-0.15, -0.1) is 21.5 Å². The predicted molar refractivity (Wildman–Crippen MR) is 166 cm³/mol. The van der Waals surface area contributed by atoms with E-state index < -0.39 is 17.2 Å². The molecular formula is C32H38N6O5S. The van der Waals surface area contributed by atoms with Crippen LogP contribution >= 0.6 is 11.3 Å². The Morgan fingerprint density at radius 2 is 1.84 bits per heavy atom. The van der Waals surface area contributed by atoms with Crippen molar-refractivity contribution in [3.8, 4) is 17.3 Å². The van der Waals surface area contributed by atoms with Gasteiger partial charge in [0, 0.05) is 29.5 Å². The zero-order chi connectivity index (χ0) is 31.6. The highest BCUT2D eigenvalue weighted by Crippen LogP contribution is 2.37. The number of aryl methyl sites for hydroxylation is 2. The molecule has 1 fully saturated rings. The molecule has 0 bridgehead atoms. The number of thiazole rings is 1. The molecule has 1 aliphatic rings. The molecule has 2 amide bonds. The molecule has 1 N–H and O–H groups in total. The SMILES string of the molecule is COc1cc(-c2nnc(C(C)(Cc3ccccc3)NC(=O)OC(C)(C)C)o2)cc(C(=O)N2CCCC2c2nc(C)c(C)s2)n1. The molecule has 11 nitrogen and oxygen atoms in total. The van der Waals surface area contributed by atoms with Gasteiger partial charge in [0.15, 0.2) is 0 Å². The van der Waals surface area contributed by atoms with E-state index in [0.29, 0.717) is 18.5 Å². The summed E-state index contributed by atoms with van der Waals surface area (Å²) in [5.41, 5.74) is 0.816. The van der Waals surface area contributed by atoms with Gasteiger partial charge in [0.05, 0.1) is 18.8 Å². The van der Waals surface area contributed by atoms with Crippen LogP contribution in [0.15, 0.2) is 46.9 Å². The highest BCUT2D eigenvalue weighted by Gasteiger charge is 2.37. The van der Waals surface area contributed by atoms with Crippen LogP contribution in [0.1, 0.15) is 84.1 Å². The van der Waals surface area contributed by atoms with Gasteiger partial charge in [0.1, 0.15) is 21.8 Å². The van der Waals surface area contributed by atoms with Gasteiger partial charge in [-0.25, -0.2) is 14.8 Å².